The topological polar surface area (TPSA) is 29.5 Å². The number of ether oxygens (including phenoxy) is 1. The molecule has 0 N–H and O–H groups in total. The van der Waals surface area contributed by atoms with Gasteiger partial charge in [-0.1, -0.05) is 29.8 Å². The highest BCUT2D eigenvalue weighted by Crippen LogP contribution is 2.17. The normalized spacial score (nSPS) is 17.1. The Hall–Kier alpha value is -1.32. The second-order valence-corrected chi connectivity index (χ2v) is 5.02. The zero-order valence-electron chi connectivity index (χ0n) is 11.0. The molecule has 0 saturated carbocycles. The number of carbonyl (C=O) groups is 1. The average molecular weight is 280 g/mol. The highest BCUT2D eigenvalue weighted by Gasteiger charge is 2.20. The monoisotopic (exact) mass is 279 g/mol. The number of carbonyl (C=O) groups excluding carboxylic acids is 1. The van der Waals surface area contributed by atoms with Crippen molar-refractivity contribution in [3.8, 4) is 0 Å². The molecule has 1 aromatic rings. The van der Waals surface area contributed by atoms with E-state index in [1.165, 1.54) is 0 Å². The van der Waals surface area contributed by atoms with Crippen LogP contribution in [0.4, 0.5) is 0 Å². The van der Waals surface area contributed by atoms with E-state index in [2.05, 4.69) is 0 Å². The van der Waals surface area contributed by atoms with Crippen LogP contribution in [-0.4, -0.2) is 37.1 Å². The van der Waals surface area contributed by atoms with Crippen LogP contribution in [0.5, 0.6) is 0 Å². The number of nitrogens with zero attached hydrogens (tertiary/aromatic N) is 1. The largest absolute Gasteiger partial charge is 0.381 e. The Morgan fingerprint density at radius 3 is 2.68 bits per heavy atom. The number of hydrogen-bond donors (Lipinski definition) is 0. The molecule has 3 nitrogen and oxygen atoms in total. The van der Waals surface area contributed by atoms with Crippen molar-refractivity contribution in [1.82, 2.24) is 4.90 Å². The molecule has 1 aliphatic rings. The summed E-state index contributed by atoms with van der Waals surface area (Å²) in [5, 5.41) is 0.657. The molecule has 0 unspecified atom stereocenters. The SMILES string of the molecule is COC1CCN(C(=O)/C=C/c2ccccc2Cl)CC1. The predicted octanol–water partition coefficient (Wildman–Crippen LogP) is 2.99. The lowest BCUT2D eigenvalue weighted by Gasteiger charge is -2.30. The van der Waals surface area contributed by atoms with E-state index in [1.807, 2.05) is 29.2 Å². The molecule has 0 aliphatic carbocycles. The van der Waals surface area contributed by atoms with Crippen LogP contribution in [0.3, 0.4) is 0 Å². The number of methoxy groups -OCH3 is 1. The molecule has 1 saturated heterocycles. The minimum Gasteiger partial charge on any atom is -0.381 e. The number of likely N-dealkylation sites (tertiary alicyclic amines) is 1. The van der Waals surface area contributed by atoms with Crippen LogP contribution < -0.4 is 0 Å². The van der Waals surface area contributed by atoms with Crippen molar-refractivity contribution in [2.24, 2.45) is 0 Å². The first kappa shape index (κ1) is 14.1. The molecule has 102 valence electrons. The zero-order chi connectivity index (χ0) is 13.7. The van der Waals surface area contributed by atoms with Crippen LogP contribution in [0.1, 0.15) is 18.4 Å². The van der Waals surface area contributed by atoms with Gasteiger partial charge in [-0.2, -0.15) is 0 Å². The molecule has 2 rings (SSSR count). The van der Waals surface area contributed by atoms with Crippen LogP contribution in [0.25, 0.3) is 6.08 Å². The number of hydrogen-bond acceptors (Lipinski definition) is 2. The lowest BCUT2D eigenvalue weighted by molar-refractivity contribution is -0.128. The van der Waals surface area contributed by atoms with Gasteiger partial charge in [-0.3, -0.25) is 4.79 Å². The maximum atomic E-state index is 12.0. The van der Waals surface area contributed by atoms with Gasteiger partial charge < -0.3 is 9.64 Å². The van der Waals surface area contributed by atoms with Crippen molar-refractivity contribution in [1.29, 1.82) is 0 Å². The number of amides is 1. The van der Waals surface area contributed by atoms with Crippen molar-refractivity contribution in [3.05, 3.63) is 40.9 Å². The molecule has 1 aromatic carbocycles. The van der Waals surface area contributed by atoms with Gasteiger partial charge in [0.25, 0.3) is 0 Å². The highest BCUT2D eigenvalue weighted by molar-refractivity contribution is 6.32. The van der Waals surface area contributed by atoms with Gasteiger partial charge in [0.1, 0.15) is 0 Å². The molecule has 0 aromatic heterocycles. The second-order valence-electron chi connectivity index (χ2n) is 4.62. The quantitative estimate of drug-likeness (QED) is 0.796. The Bertz CT molecular complexity index is 465. The Morgan fingerprint density at radius 2 is 2.05 bits per heavy atom. The van der Waals surface area contributed by atoms with Gasteiger partial charge in [0.15, 0.2) is 0 Å². The molecular weight excluding hydrogens is 262 g/mol. The fourth-order valence-electron chi connectivity index (χ4n) is 2.19. The third kappa shape index (κ3) is 3.82. The molecule has 0 spiro atoms. The summed E-state index contributed by atoms with van der Waals surface area (Å²) in [6.45, 7) is 1.51. The lowest BCUT2D eigenvalue weighted by Crippen LogP contribution is -2.39. The molecule has 1 heterocycles. The first-order valence-electron chi connectivity index (χ1n) is 6.45. The van der Waals surface area contributed by atoms with Gasteiger partial charge in [0, 0.05) is 31.3 Å². The average Bonchev–Trinajstić information content (AvgIpc) is 2.46. The molecule has 0 bridgehead atoms. The summed E-state index contributed by atoms with van der Waals surface area (Å²) < 4.78 is 5.29. The highest BCUT2D eigenvalue weighted by atomic mass is 35.5. The van der Waals surface area contributed by atoms with E-state index in [9.17, 15) is 4.79 Å². The number of halogens is 1. The van der Waals surface area contributed by atoms with Crippen molar-refractivity contribution in [2.75, 3.05) is 20.2 Å². The van der Waals surface area contributed by atoms with Crippen molar-refractivity contribution >= 4 is 23.6 Å². The second kappa shape index (κ2) is 6.73. The van der Waals surface area contributed by atoms with E-state index in [4.69, 9.17) is 16.3 Å². The first-order chi connectivity index (χ1) is 9.20. The summed E-state index contributed by atoms with van der Waals surface area (Å²) in [6.07, 6.45) is 5.46. The van der Waals surface area contributed by atoms with Crippen molar-refractivity contribution in [2.45, 2.75) is 18.9 Å². The van der Waals surface area contributed by atoms with Crippen LogP contribution in [0.2, 0.25) is 5.02 Å². The number of piperidine rings is 1. The number of benzene rings is 1. The molecule has 1 fully saturated rings. The van der Waals surface area contributed by atoms with Gasteiger partial charge >= 0.3 is 0 Å². The third-order valence-electron chi connectivity index (χ3n) is 3.40. The van der Waals surface area contributed by atoms with E-state index in [1.54, 1.807) is 19.3 Å². The van der Waals surface area contributed by atoms with Crippen LogP contribution in [0.15, 0.2) is 30.3 Å². The molecule has 0 atom stereocenters. The minimum absolute atomic E-state index is 0.0365. The van der Waals surface area contributed by atoms with E-state index in [0.29, 0.717) is 5.02 Å². The molecule has 1 amide bonds. The van der Waals surface area contributed by atoms with Gasteiger partial charge in [0.2, 0.25) is 5.91 Å². The van der Waals surface area contributed by atoms with Crippen LogP contribution >= 0.6 is 11.6 Å². The maximum Gasteiger partial charge on any atom is 0.246 e. The zero-order valence-corrected chi connectivity index (χ0v) is 11.8. The Labute approximate surface area is 118 Å². The summed E-state index contributed by atoms with van der Waals surface area (Å²) in [5.74, 6) is 0.0365. The Morgan fingerprint density at radius 1 is 1.37 bits per heavy atom. The van der Waals surface area contributed by atoms with Gasteiger partial charge in [0.05, 0.1) is 6.10 Å². The van der Waals surface area contributed by atoms with Crippen LogP contribution in [0, 0.1) is 0 Å². The summed E-state index contributed by atoms with van der Waals surface area (Å²) >= 11 is 6.04. The van der Waals surface area contributed by atoms with E-state index >= 15 is 0 Å². The van der Waals surface area contributed by atoms with Gasteiger partial charge in [-0.15, -0.1) is 0 Å². The fourth-order valence-corrected chi connectivity index (χ4v) is 2.39. The summed E-state index contributed by atoms with van der Waals surface area (Å²) in [4.78, 5) is 13.9. The van der Waals surface area contributed by atoms with Crippen LogP contribution in [-0.2, 0) is 9.53 Å². The molecule has 0 radical (unpaired) electrons. The number of rotatable bonds is 3. The predicted molar refractivity (Wildman–Crippen MR) is 77.1 cm³/mol. The summed E-state index contributed by atoms with van der Waals surface area (Å²) in [6, 6.07) is 7.48. The van der Waals surface area contributed by atoms with E-state index in [-0.39, 0.29) is 12.0 Å². The lowest BCUT2D eigenvalue weighted by atomic mass is 10.1. The third-order valence-corrected chi connectivity index (χ3v) is 3.74. The van der Waals surface area contributed by atoms with Gasteiger partial charge in [-0.25, -0.2) is 0 Å². The first-order valence-corrected chi connectivity index (χ1v) is 6.83. The van der Waals surface area contributed by atoms with E-state index in [0.717, 1.165) is 31.5 Å². The molecule has 19 heavy (non-hydrogen) atoms. The Balaban J connectivity index is 1.93. The summed E-state index contributed by atoms with van der Waals surface area (Å²) in [5.41, 5.74) is 0.865. The Kier molecular flexibility index (Phi) is 5.00. The smallest absolute Gasteiger partial charge is 0.246 e. The minimum atomic E-state index is 0.0365. The van der Waals surface area contributed by atoms with Crippen molar-refractivity contribution in [3.63, 3.8) is 0 Å². The molecule has 1 aliphatic heterocycles. The molecule has 4 heteroatoms. The van der Waals surface area contributed by atoms with Gasteiger partial charge in [-0.05, 0) is 30.5 Å². The summed E-state index contributed by atoms with van der Waals surface area (Å²) in [7, 11) is 1.72. The maximum absolute atomic E-state index is 12.0. The van der Waals surface area contributed by atoms with Crippen molar-refractivity contribution < 1.29 is 9.53 Å². The molecular formula is C15H18ClNO2. The standard InChI is InChI=1S/C15H18ClNO2/c1-19-13-8-10-17(11-9-13)15(18)7-6-12-4-2-3-5-14(12)16/h2-7,13H,8-11H2,1H3/b7-6+. The van der Waals surface area contributed by atoms with E-state index < -0.39 is 0 Å². The fraction of sp³-hybridized carbons (Fsp3) is 0.400.